The summed E-state index contributed by atoms with van der Waals surface area (Å²) in [4.78, 5) is 0. The third-order valence-corrected chi connectivity index (χ3v) is 4.04. The molecule has 0 fully saturated rings. The van der Waals surface area contributed by atoms with Gasteiger partial charge < -0.3 is 10.1 Å². The van der Waals surface area contributed by atoms with Crippen LogP contribution in [0.25, 0.3) is 5.69 Å². The molecule has 0 bridgehead atoms. The molecule has 0 saturated carbocycles. The molecule has 21 heavy (non-hydrogen) atoms. The van der Waals surface area contributed by atoms with Crippen LogP contribution in [-0.2, 0) is 11.3 Å². The van der Waals surface area contributed by atoms with Crippen molar-refractivity contribution in [3.63, 3.8) is 0 Å². The number of para-hydroxylation sites is 1. The minimum Gasteiger partial charge on any atom is -0.383 e. The third-order valence-electron chi connectivity index (χ3n) is 3.73. The number of benzene rings is 1. The number of hydrogen-bond acceptors (Lipinski definition) is 3. The lowest BCUT2D eigenvalue weighted by Gasteiger charge is -2.14. The molecular weight excluding hydrogens is 286 g/mol. The molecule has 0 atom stereocenters. The zero-order chi connectivity index (χ0) is 15.4. The first-order valence-corrected chi connectivity index (χ1v) is 7.44. The number of methoxy groups -OCH3 is 1. The van der Waals surface area contributed by atoms with Gasteiger partial charge in [-0.2, -0.15) is 5.10 Å². The van der Waals surface area contributed by atoms with Gasteiger partial charge in [-0.1, -0.05) is 23.7 Å². The summed E-state index contributed by atoms with van der Waals surface area (Å²) in [6.45, 7) is 8.40. The second kappa shape index (κ2) is 7.07. The Labute approximate surface area is 131 Å². The average Bonchev–Trinajstić information content (AvgIpc) is 2.71. The average molecular weight is 308 g/mol. The van der Waals surface area contributed by atoms with E-state index in [2.05, 4.69) is 30.3 Å². The highest BCUT2D eigenvalue weighted by atomic mass is 35.5. The van der Waals surface area contributed by atoms with Crippen LogP contribution in [-0.4, -0.2) is 30.0 Å². The highest BCUT2D eigenvalue weighted by molar-refractivity contribution is 6.32. The molecule has 1 heterocycles. The van der Waals surface area contributed by atoms with E-state index in [0.29, 0.717) is 11.6 Å². The zero-order valence-corrected chi connectivity index (χ0v) is 13.8. The molecule has 0 radical (unpaired) electrons. The first-order chi connectivity index (χ1) is 10.1. The lowest BCUT2D eigenvalue weighted by atomic mass is 10.1. The maximum absolute atomic E-state index is 6.42. The fourth-order valence-corrected chi connectivity index (χ4v) is 2.55. The summed E-state index contributed by atoms with van der Waals surface area (Å²) in [6, 6.07) is 5.95. The van der Waals surface area contributed by atoms with E-state index in [9.17, 15) is 0 Å². The summed E-state index contributed by atoms with van der Waals surface area (Å²) >= 11 is 6.42. The second-order valence-corrected chi connectivity index (χ2v) is 5.53. The Kier molecular flexibility index (Phi) is 5.39. The van der Waals surface area contributed by atoms with Crippen molar-refractivity contribution in [2.75, 3.05) is 20.3 Å². The van der Waals surface area contributed by atoms with E-state index in [1.165, 1.54) is 5.56 Å². The first kappa shape index (κ1) is 16.0. The summed E-state index contributed by atoms with van der Waals surface area (Å²) in [6.07, 6.45) is 0. The van der Waals surface area contributed by atoms with E-state index < -0.39 is 0 Å². The van der Waals surface area contributed by atoms with E-state index in [0.717, 1.165) is 35.7 Å². The van der Waals surface area contributed by atoms with E-state index >= 15 is 0 Å². The molecule has 1 aromatic heterocycles. The fourth-order valence-electron chi connectivity index (χ4n) is 2.28. The van der Waals surface area contributed by atoms with Crippen molar-refractivity contribution in [1.82, 2.24) is 15.1 Å². The van der Waals surface area contributed by atoms with Gasteiger partial charge in [0.2, 0.25) is 0 Å². The Hall–Kier alpha value is -1.36. The molecule has 4 nitrogen and oxygen atoms in total. The van der Waals surface area contributed by atoms with Gasteiger partial charge in [-0.25, -0.2) is 4.68 Å². The van der Waals surface area contributed by atoms with Crippen LogP contribution in [0.3, 0.4) is 0 Å². The van der Waals surface area contributed by atoms with E-state index in [1.54, 1.807) is 7.11 Å². The van der Waals surface area contributed by atoms with Crippen molar-refractivity contribution >= 4 is 11.6 Å². The molecule has 0 aliphatic rings. The van der Waals surface area contributed by atoms with Gasteiger partial charge in [0, 0.05) is 25.9 Å². The minimum absolute atomic E-state index is 0.689. The maximum atomic E-state index is 6.42. The fraction of sp³-hybridized carbons (Fsp3) is 0.438. The zero-order valence-electron chi connectivity index (χ0n) is 13.0. The van der Waals surface area contributed by atoms with Crippen LogP contribution < -0.4 is 5.32 Å². The lowest BCUT2D eigenvalue weighted by Crippen LogP contribution is -2.20. The van der Waals surface area contributed by atoms with Crippen molar-refractivity contribution in [3.8, 4) is 5.69 Å². The first-order valence-electron chi connectivity index (χ1n) is 7.06. The van der Waals surface area contributed by atoms with Crippen LogP contribution in [0.1, 0.15) is 22.5 Å². The Bertz CT molecular complexity index is 622. The van der Waals surface area contributed by atoms with Crippen molar-refractivity contribution in [2.24, 2.45) is 0 Å². The highest BCUT2D eigenvalue weighted by Crippen LogP contribution is 2.27. The van der Waals surface area contributed by atoms with Gasteiger partial charge in [-0.05, 0) is 38.0 Å². The number of hydrogen-bond donors (Lipinski definition) is 1. The van der Waals surface area contributed by atoms with Crippen LogP contribution >= 0.6 is 11.6 Å². The largest absolute Gasteiger partial charge is 0.383 e. The molecule has 114 valence electrons. The minimum atomic E-state index is 0.689. The normalized spacial score (nSPS) is 11.1. The molecule has 5 heteroatoms. The van der Waals surface area contributed by atoms with Crippen molar-refractivity contribution in [3.05, 3.63) is 45.7 Å². The van der Waals surface area contributed by atoms with Crippen LogP contribution in [0.5, 0.6) is 0 Å². The molecule has 0 unspecified atom stereocenters. The quantitative estimate of drug-likeness (QED) is 0.833. The van der Waals surface area contributed by atoms with Gasteiger partial charge in [-0.3, -0.25) is 0 Å². The van der Waals surface area contributed by atoms with E-state index in [1.807, 2.05) is 23.7 Å². The van der Waals surface area contributed by atoms with Crippen LogP contribution in [0.2, 0.25) is 5.02 Å². The molecule has 1 aromatic carbocycles. The molecule has 2 aromatic rings. The van der Waals surface area contributed by atoms with Crippen LogP contribution in [0, 0.1) is 20.8 Å². The number of ether oxygens (including phenoxy) is 1. The molecular formula is C16H22ClN3O. The number of halogens is 1. The molecule has 0 amide bonds. The Morgan fingerprint density at radius 3 is 2.67 bits per heavy atom. The van der Waals surface area contributed by atoms with E-state index in [4.69, 9.17) is 16.3 Å². The number of aromatic nitrogens is 2. The molecule has 0 saturated heterocycles. The molecule has 0 spiro atoms. The highest BCUT2D eigenvalue weighted by Gasteiger charge is 2.15. The standard InChI is InChI=1S/C16H22ClN3O/c1-11-12(2)19-20(13(11)3)16-14(6-5-7-15(16)17)10-18-8-9-21-4/h5-7,18H,8-10H2,1-4H3. The monoisotopic (exact) mass is 307 g/mol. The second-order valence-electron chi connectivity index (χ2n) is 5.12. The van der Waals surface area contributed by atoms with E-state index in [-0.39, 0.29) is 0 Å². The summed E-state index contributed by atoms with van der Waals surface area (Å²) < 4.78 is 7.00. The maximum Gasteiger partial charge on any atom is 0.0879 e. The van der Waals surface area contributed by atoms with Gasteiger partial charge in [0.1, 0.15) is 0 Å². The SMILES string of the molecule is COCCNCc1cccc(Cl)c1-n1nc(C)c(C)c1C. The van der Waals surface area contributed by atoms with Gasteiger partial charge >= 0.3 is 0 Å². The molecule has 0 aliphatic heterocycles. The van der Waals surface area contributed by atoms with Crippen molar-refractivity contribution < 1.29 is 4.74 Å². The van der Waals surface area contributed by atoms with Crippen molar-refractivity contribution in [2.45, 2.75) is 27.3 Å². The van der Waals surface area contributed by atoms with Gasteiger partial charge in [0.05, 0.1) is 23.0 Å². The Balaban J connectivity index is 2.35. The lowest BCUT2D eigenvalue weighted by molar-refractivity contribution is 0.199. The third kappa shape index (κ3) is 3.46. The number of rotatable bonds is 6. The smallest absolute Gasteiger partial charge is 0.0879 e. The predicted octanol–water partition coefficient (Wildman–Crippen LogP) is 3.19. The van der Waals surface area contributed by atoms with Gasteiger partial charge in [0.25, 0.3) is 0 Å². The Morgan fingerprint density at radius 1 is 1.29 bits per heavy atom. The van der Waals surface area contributed by atoms with Crippen LogP contribution in [0.15, 0.2) is 18.2 Å². The molecule has 0 aliphatic carbocycles. The summed E-state index contributed by atoms with van der Waals surface area (Å²) in [7, 11) is 1.70. The Morgan fingerprint density at radius 2 is 2.05 bits per heavy atom. The van der Waals surface area contributed by atoms with Crippen molar-refractivity contribution in [1.29, 1.82) is 0 Å². The number of nitrogens with zero attached hydrogens (tertiary/aromatic N) is 2. The predicted molar refractivity (Wildman–Crippen MR) is 86.4 cm³/mol. The van der Waals surface area contributed by atoms with Gasteiger partial charge in [0.15, 0.2) is 0 Å². The molecule has 2 rings (SSSR count). The number of aryl methyl sites for hydroxylation is 1. The number of nitrogens with one attached hydrogen (secondary N) is 1. The summed E-state index contributed by atoms with van der Waals surface area (Å²) in [5.41, 5.74) is 5.44. The summed E-state index contributed by atoms with van der Waals surface area (Å²) in [5, 5.41) is 8.70. The van der Waals surface area contributed by atoms with Gasteiger partial charge in [-0.15, -0.1) is 0 Å². The molecule has 1 N–H and O–H groups in total. The topological polar surface area (TPSA) is 39.1 Å². The summed E-state index contributed by atoms with van der Waals surface area (Å²) in [5.74, 6) is 0. The van der Waals surface area contributed by atoms with Crippen LogP contribution in [0.4, 0.5) is 0 Å².